The maximum Gasteiger partial charge on any atom is 0.242 e. The quantitative estimate of drug-likeness (QED) is 0.385. The number of aliphatic imine (C=N–C) groups is 1. The van der Waals surface area contributed by atoms with E-state index in [4.69, 9.17) is 9.26 Å². The normalized spacial score (nSPS) is 11.4. The van der Waals surface area contributed by atoms with Gasteiger partial charge in [0.2, 0.25) is 5.91 Å². The minimum absolute atomic E-state index is 0.0287. The molecule has 164 valence electrons. The number of carbonyl (C=O) groups is 1. The summed E-state index contributed by atoms with van der Waals surface area (Å²) in [5, 5.41) is 13.3. The Labute approximate surface area is 178 Å². The Bertz CT molecular complexity index is 797. The number of hydrogen-bond acceptors (Lipinski definition) is 5. The standard InChI is InChI=1S/C22H33N5O3/c1-5-17(6-2)20-12-19(30-27-20)14-25-22(23-7-3)26-15-21(28)24-13-16-8-10-18(29-4)11-9-16/h8-12,17H,5-7,13-15H2,1-4H3,(H,24,28)(H2,23,25,26). The van der Waals surface area contributed by atoms with Crippen molar-refractivity contribution in [1.82, 2.24) is 21.1 Å². The summed E-state index contributed by atoms with van der Waals surface area (Å²) < 4.78 is 10.6. The minimum Gasteiger partial charge on any atom is -0.497 e. The Morgan fingerprint density at radius 2 is 1.83 bits per heavy atom. The molecule has 1 aromatic carbocycles. The number of ether oxygens (including phenoxy) is 1. The van der Waals surface area contributed by atoms with Crippen molar-refractivity contribution in [3.05, 3.63) is 47.3 Å². The lowest BCUT2D eigenvalue weighted by molar-refractivity contribution is -0.119. The molecule has 1 amide bonds. The van der Waals surface area contributed by atoms with Gasteiger partial charge >= 0.3 is 0 Å². The molecule has 0 bridgehead atoms. The number of hydrogen-bond donors (Lipinski definition) is 3. The van der Waals surface area contributed by atoms with Gasteiger partial charge in [0.15, 0.2) is 11.7 Å². The van der Waals surface area contributed by atoms with E-state index in [-0.39, 0.29) is 12.5 Å². The third kappa shape index (κ3) is 7.42. The van der Waals surface area contributed by atoms with Gasteiger partial charge in [0, 0.05) is 25.1 Å². The molecule has 8 heteroatoms. The molecule has 0 saturated heterocycles. The van der Waals surface area contributed by atoms with Gasteiger partial charge in [-0.3, -0.25) is 4.79 Å². The highest BCUT2D eigenvalue weighted by Crippen LogP contribution is 2.22. The van der Waals surface area contributed by atoms with E-state index in [2.05, 4.69) is 39.9 Å². The monoisotopic (exact) mass is 415 g/mol. The van der Waals surface area contributed by atoms with E-state index < -0.39 is 0 Å². The molecular formula is C22H33N5O3. The van der Waals surface area contributed by atoms with Gasteiger partial charge in [-0.15, -0.1) is 0 Å². The summed E-state index contributed by atoms with van der Waals surface area (Å²) in [6, 6.07) is 9.55. The van der Waals surface area contributed by atoms with Crippen LogP contribution in [0.4, 0.5) is 0 Å². The second kappa shape index (κ2) is 12.5. The maximum atomic E-state index is 12.1. The van der Waals surface area contributed by atoms with Crippen molar-refractivity contribution in [2.75, 3.05) is 20.2 Å². The summed E-state index contributed by atoms with van der Waals surface area (Å²) in [5.41, 5.74) is 1.98. The van der Waals surface area contributed by atoms with Gasteiger partial charge in [0.25, 0.3) is 0 Å². The van der Waals surface area contributed by atoms with Crippen LogP contribution in [0.15, 0.2) is 39.8 Å². The van der Waals surface area contributed by atoms with Gasteiger partial charge in [-0.1, -0.05) is 31.1 Å². The number of benzene rings is 1. The van der Waals surface area contributed by atoms with Gasteiger partial charge < -0.3 is 25.2 Å². The summed E-state index contributed by atoms with van der Waals surface area (Å²) in [7, 11) is 1.62. The molecule has 30 heavy (non-hydrogen) atoms. The Morgan fingerprint density at radius 3 is 2.47 bits per heavy atom. The lowest BCUT2D eigenvalue weighted by atomic mass is 9.99. The molecule has 0 aliphatic carbocycles. The number of carbonyl (C=O) groups excluding carboxylic acids is 1. The zero-order valence-electron chi connectivity index (χ0n) is 18.3. The minimum atomic E-state index is -0.154. The van der Waals surface area contributed by atoms with Gasteiger partial charge in [-0.25, -0.2) is 4.99 Å². The van der Waals surface area contributed by atoms with Gasteiger partial charge in [-0.2, -0.15) is 0 Å². The van der Waals surface area contributed by atoms with E-state index in [0.717, 1.165) is 35.6 Å². The van der Waals surface area contributed by atoms with E-state index in [1.54, 1.807) is 7.11 Å². The van der Waals surface area contributed by atoms with E-state index in [9.17, 15) is 4.79 Å². The Kier molecular flexibility index (Phi) is 9.70. The molecule has 3 N–H and O–H groups in total. The van der Waals surface area contributed by atoms with Crippen LogP contribution in [-0.2, 0) is 17.9 Å². The number of guanidine groups is 1. The summed E-state index contributed by atoms with van der Waals surface area (Å²) in [6.45, 7) is 7.88. The van der Waals surface area contributed by atoms with Crippen molar-refractivity contribution in [3.63, 3.8) is 0 Å². The van der Waals surface area contributed by atoms with Gasteiger partial charge in [0.05, 0.1) is 19.3 Å². The largest absolute Gasteiger partial charge is 0.497 e. The summed E-state index contributed by atoms with van der Waals surface area (Å²) in [5.74, 6) is 2.34. The van der Waals surface area contributed by atoms with Crippen molar-refractivity contribution < 1.29 is 14.1 Å². The van der Waals surface area contributed by atoms with Crippen molar-refractivity contribution >= 4 is 11.9 Å². The number of aromatic nitrogens is 1. The molecule has 0 atom stereocenters. The molecule has 2 rings (SSSR count). The molecule has 0 aliphatic heterocycles. The first-order valence-electron chi connectivity index (χ1n) is 10.5. The Hall–Kier alpha value is -3.03. The number of nitrogens with zero attached hydrogens (tertiary/aromatic N) is 2. The number of methoxy groups -OCH3 is 1. The topological polar surface area (TPSA) is 101 Å². The third-order valence-electron chi connectivity index (χ3n) is 4.78. The molecule has 0 fully saturated rings. The van der Waals surface area contributed by atoms with E-state index >= 15 is 0 Å². The first-order valence-corrected chi connectivity index (χ1v) is 10.5. The molecule has 8 nitrogen and oxygen atoms in total. The van der Waals surface area contributed by atoms with Crippen molar-refractivity contribution in [3.8, 4) is 5.75 Å². The average molecular weight is 416 g/mol. The lowest BCUT2D eigenvalue weighted by Crippen LogP contribution is -2.38. The first kappa shape index (κ1) is 23.3. The molecule has 0 saturated carbocycles. The molecule has 1 aromatic heterocycles. The second-order valence-electron chi connectivity index (χ2n) is 6.91. The second-order valence-corrected chi connectivity index (χ2v) is 6.91. The highest BCUT2D eigenvalue weighted by molar-refractivity contribution is 5.84. The highest BCUT2D eigenvalue weighted by Gasteiger charge is 2.13. The van der Waals surface area contributed by atoms with Crippen LogP contribution in [0.1, 0.15) is 56.5 Å². The van der Waals surface area contributed by atoms with Crippen LogP contribution in [0, 0.1) is 0 Å². The smallest absolute Gasteiger partial charge is 0.242 e. The summed E-state index contributed by atoms with van der Waals surface area (Å²) >= 11 is 0. The summed E-state index contributed by atoms with van der Waals surface area (Å²) in [6.07, 6.45) is 2.07. The van der Waals surface area contributed by atoms with Crippen LogP contribution in [0.5, 0.6) is 5.75 Å². The average Bonchev–Trinajstić information content (AvgIpc) is 3.24. The van der Waals surface area contributed by atoms with Crippen LogP contribution < -0.4 is 20.7 Å². The maximum absolute atomic E-state index is 12.1. The molecular weight excluding hydrogens is 382 g/mol. The fourth-order valence-corrected chi connectivity index (χ4v) is 2.98. The molecule has 0 spiro atoms. The zero-order chi connectivity index (χ0) is 21.8. The number of amides is 1. The van der Waals surface area contributed by atoms with Gasteiger partial charge in [0.1, 0.15) is 12.3 Å². The molecule has 0 aliphatic rings. The van der Waals surface area contributed by atoms with Crippen LogP contribution in [0.25, 0.3) is 0 Å². The van der Waals surface area contributed by atoms with Crippen LogP contribution in [-0.4, -0.2) is 37.2 Å². The van der Waals surface area contributed by atoms with Crippen LogP contribution >= 0.6 is 0 Å². The van der Waals surface area contributed by atoms with E-state index in [1.807, 2.05) is 37.3 Å². The van der Waals surface area contributed by atoms with E-state index in [0.29, 0.717) is 31.5 Å². The number of nitrogens with one attached hydrogen (secondary N) is 3. The summed E-state index contributed by atoms with van der Waals surface area (Å²) in [4.78, 5) is 16.5. The highest BCUT2D eigenvalue weighted by atomic mass is 16.5. The predicted molar refractivity (Wildman–Crippen MR) is 117 cm³/mol. The predicted octanol–water partition coefficient (Wildman–Crippen LogP) is 2.96. The van der Waals surface area contributed by atoms with E-state index in [1.165, 1.54) is 0 Å². The molecule has 2 aromatic rings. The van der Waals surface area contributed by atoms with Crippen molar-refractivity contribution in [2.45, 2.75) is 52.6 Å². The van der Waals surface area contributed by atoms with Crippen LogP contribution in [0.3, 0.4) is 0 Å². The molecule has 0 radical (unpaired) electrons. The van der Waals surface area contributed by atoms with Crippen LogP contribution in [0.2, 0.25) is 0 Å². The van der Waals surface area contributed by atoms with Crippen molar-refractivity contribution in [2.24, 2.45) is 4.99 Å². The lowest BCUT2D eigenvalue weighted by Gasteiger charge is -2.10. The zero-order valence-corrected chi connectivity index (χ0v) is 18.3. The van der Waals surface area contributed by atoms with Gasteiger partial charge in [-0.05, 0) is 37.5 Å². The number of rotatable bonds is 11. The Balaban J connectivity index is 1.83. The molecule has 1 heterocycles. The third-order valence-corrected chi connectivity index (χ3v) is 4.78. The fourth-order valence-electron chi connectivity index (χ4n) is 2.98. The van der Waals surface area contributed by atoms with Crippen molar-refractivity contribution in [1.29, 1.82) is 0 Å². The fraction of sp³-hybridized carbons (Fsp3) is 0.500. The first-order chi connectivity index (χ1) is 14.6. The molecule has 0 unspecified atom stereocenters. The SMILES string of the molecule is CCNC(=NCC(=O)NCc1ccc(OC)cc1)NCc1cc(C(CC)CC)no1. The Morgan fingerprint density at radius 1 is 1.10 bits per heavy atom.